The quantitative estimate of drug-likeness (QED) is 0.684. The third-order valence-electron chi connectivity index (χ3n) is 3.66. The van der Waals surface area contributed by atoms with Crippen LogP contribution in [0.25, 0.3) is 11.5 Å². The van der Waals surface area contributed by atoms with Crippen molar-refractivity contribution >= 4 is 11.6 Å². The molecule has 0 saturated heterocycles. The fourth-order valence-corrected chi connectivity index (χ4v) is 2.38. The maximum atomic E-state index is 12.2. The number of nitrogens with zero attached hydrogens (tertiary/aromatic N) is 2. The minimum absolute atomic E-state index is 0.174. The Balaban J connectivity index is 1.64. The number of carbonyl (C=O) groups excluding carboxylic acids is 1. The number of ether oxygens (including phenoxy) is 3. The number of aromatic nitrogens is 2. The normalized spacial score (nSPS) is 10.3. The number of amides is 1. The zero-order chi connectivity index (χ0) is 19.2. The molecule has 3 rings (SSSR count). The summed E-state index contributed by atoms with van der Waals surface area (Å²) in [6.45, 7) is 1.57. The molecule has 1 heterocycles. The second-order valence-electron chi connectivity index (χ2n) is 5.58. The van der Waals surface area contributed by atoms with Crippen molar-refractivity contribution in [2.45, 2.75) is 6.92 Å². The van der Waals surface area contributed by atoms with Gasteiger partial charge in [0.2, 0.25) is 0 Å². The lowest BCUT2D eigenvalue weighted by Gasteiger charge is -2.12. The van der Waals surface area contributed by atoms with Crippen LogP contribution in [0.3, 0.4) is 0 Å². The van der Waals surface area contributed by atoms with Crippen LogP contribution in [0, 0.1) is 6.92 Å². The maximum Gasteiger partial charge on any atom is 0.262 e. The first-order chi connectivity index (χ1) is 13.1. The van der Waals surface area contributed by atoms with E-state index < -0.39 is 0 Å². The average Bonchev–Trinajstić information content (AvgIpc) is 3.13. The van der Waals surface area contributed by atoms with Gasteiger partial charge in [0, 0.05) is 11.6 Å². The Bertz CT molecular complexity index is 939. The molecule has 0 saturated carbocycles. The standard InChI is InChI=1S/C19H19N3O5/c1-12-20-19(27-22-12)13-5-4-6-15(9-13)26-11-18(23)21-16-10-14(24-2)7-8-17(16)25-3/h4-10H,11H2,1-3H3,(H,21,23). The van der Waals surface area contributed by atoms with Crippen molar-refractivity contribution in [3.63, 3.8) is 0 Å². The van der Waals surface area contributed by atoms with Crippen molar-refractivity contribution in [1.29, 1.82) is 0 Å². The number of rotatable bonds is 7. The van der Waals surface area contributed by atoms with E-state index in [-0.39, 0.29) is 12.5 Å². The Kier molecular flexibility index (Phi) is 5.55. The highest BCUT2D eigenvalue weighted by Gasteiger charge is 2.11. The van der Waals surface area contributed by atoms with E-state index in [2.05, 4.69) is 15.5 Å². The zero-order valence-corrected chi connectivity index (χ0v) is 15.2. The fourth-order valence-electron chi connectivity index (χ4n) is 2.38. The number of anilines is 1. The van der Waals surface area contributed by atoms with Crippen LogP contribution in [0.1, 0.15) is 5.82 Å². The lowest BCUT2D eigenvalue weighted by Crippen LogP contribution is -2.20. The van der Waals surface area contributed by atoms with E-state index in [9.17, 15) is 4.79 Å². The van der Waals surface area contributed by atoms with Gasteiger partial charge in [0.05, 0.1) is 19.9 Å². The molecule has 0 bridgehead atoms. The SMILES string of the molecule is COc1ccc(OC)c(NC(=O)COc2cccc(-c3nc(C)no3)c2)c1. The van der Waals surface area contributed by atoms with Gasteiger partial charge in [-0.1, -0.05) is 11.2 Å². The number of methoxy groups -OCH3 is 2. The van der Waals surface area contributed by atoms with E-state index in [1.54, 1.807) is 50.4 Å². The van der Waals surface area contributed by atoms with Gasteiger partial charge in [0.25, 0.3) is 11.8 Å². The highest BCUT2D eigenvalue weighted by Crippen LogP contribution is 2.29. The molecule has 1 aromatic heterocycles. The van der Waals surface area contributed by atoms with Crippen molar-refractivity contribution in [3.05, 3.63) is 48.3 Å². The van der Waals surface area contributed by atoms with Crippen molar-refractivity contribution in [2.24, 2.45) is 0 Å². The largest absolute Gasteiger partial charge is 0.497 e. The number of nitrogens with one attached hydrogen (secondary N) is 1. The predicted molar refractivity (Wildman–Crippen MR) is 98.1 cm³/mol. The number of carbonyl (C=O) groups is 1. The minimum Gasteiger partial charge on any atom is -0.497 e. The number of benzene rings is 2. The topological polar surface area (TPSA) is 95.7 Å². The summed E-state index contributed by atoms with van der Waals surface area (Å²) in [6, 6.07) is 12.2. The first-order valence-electron chi connectivity index (χ1n) is 8.14. The number of hydrogen-bond donors (Lipinski definition) is 1. The van der Waals surface area contributed by atoms with Gasteiger partial charge in [0.15, 0.2) is 12.4 Å². The van der Waals surface area contributed by atoms with Crippen LogP contribution in [0.5, 0.6) is 17.2 Å². The van der Waals surface area contributed by atoms with Gasteiger partial charge in [-0.3, -0.25) is 4.79 Å². The summed E-state index contributed by atoms with van der Waals surface area (Å²) in [5.41, 5.74) is 1.21. The van der Waals surface area contributed by atoms with Gasteiger partial charge >= 0.3 is 0 Å². The Hall–Kier alpha value is -3.55. The zero-order valence-electron chi connectivity index (χ0n) is 15.2. The number of hydrogen-bond acceptors (Lipinski definition) is 7. The number of aryl methyl sites for hydroxylation is 1. The molecule has 0 unspecified atom stereocenters. The molecule has 2 aromatic carbocycles. The maximum absolute atomic E-state index is 12.2. The van der Waals surface area contributed by atoms with Crippen LogP contribution in [-0.2, 0) is 4.79 Å². The summed E-state index contributed by atoms with van der Waals surface area (Å²) in [6.07, 6.45) is 0. The summed E-state index contributed by atoms with van der Waals surface area (Å²) in [5, 5.41) is 6.51. The molecule has 0 aliphatic rings. The van der Waals surface area contributed by atoms with Crippen LogP contribution in [0.2, 0.25) is 0 Å². The molecule has 27 heavy (non-hydrogen) atoms. The molecular formula is C19H19N3O5. The van der Waals surface area contributed by atoms with Gasteiger partial charge in [-0.25, -0.2) is 0 Å². The van der Waals surface area contributed by atoms with Gasteiger partial charge < -0.3 is 24.1 Å². The van der Waals surface area contributed by atoms with Gasteiger partial charge in [-0.2, -0.15) is 4.98 Å². The molecule has 8 heteroatoms. The van der Waals surface area contributed by atoms with Crippen LogP contribution >= 0.6 is 0 Å². The summed E-state index contributed by atoms with van der Waals surface area (Å²) >= 11 is 0. The molecule has 0 aliphatic heterocycles. The Labute approximate surface area is 156 Å². The first-order valence-corrected chi connectivity index (χ1v) is 8.14. The molecule has 140 valence electrons. The van der Waals surface area contributed by atoms with E-state index in [4.69, 9.17) is 18.7 Å². The molecule has 8 nitrogen and oxygen atoms in total. The summed E-state index contributed by atoms with van der Waals surface area (Å²) in [7, 11) is 3.08. The average molecular weight is 369 g/mol. The van der Waals surface area contributed by atoms with E-state index >= 15 is 0 Å². The van der Waals surface area contributed by atoms with Crippen LogP contribution < -0.4 is 19.5 Å². The second kappa shape index (κ2) is 8.22. The monoisotopic (exact) mass is 369 g/mol. The van der Waals surface area contributed by atoms with Crippen LogP contribution in [0.4, 0.5) is 5.69 Å². The molecule has 0 spiro atoms. The Morgan fingerprint density at radius 3 is 2.67 bits per heavy atom. The van der Waals surface area contributed by atoms with Crippen LogP contribution in [0.15, 0.2) is 47.0 Å². The highest BCUT2D eigenvalue weighted by molar-refractivity contribution is 5.93. The summed E-state index contributed by atoms with van der Waals surface area (Å²) in [5.74, 6) is 2.25. The van der Waals surface area contributed by atoms with E-state index in [0.717, 1.165) is 0 Å². The summed E-state index contributed by atoms with van der Waals surface area (Å²) < 4.78 is 21.1. The smallest absolute Gasteiger partial charge is 0.262 e. The second-order valence-corrected chi connectivity index (χ2v) is 5.58. The molecule has 0 aliphatic carbocycles. The molecule has 0 radical (unpaired) electrons. The summed E-state index contributed by atoms with van der Waals surface area (Å²) in [4.78, 5) is 16.4. The Morgan fingerprint density at radius 2 is 1.96 bits per heavy atom. The molecule has 1 amide bonds. The van der Waals surface area contributed by atoms with E-state index in [1.165, 1.54) is 7.11 Å². The van der Waals surface area contributed by atoms with Gasteiger partial charge in [0.1, 0.15) is 17.2 Å². The highest BCUT2D eigenvalue weighted by atomic mass is 16.5. The van der Waals surface area contributed by atoms with Crippen molar-refractivity contribution in [1.82, 2.24) is 10.1 Å². The van der Waals surface area contributed by atoms with Gasteiger partial charge in [-0.05, 0) is 37.3 Å². The molecule has 3 aromatic rings. The van der Waals surface area contributed by atoms with Crippen molar-refractivity contribution in [3.8, 4) is 28.7 Å². The van der Waals surface area contributed by atoms with E-state index in [0.29, 0.717) is 40.2 Å². The Morgan fingerprint density at radius 1 is 1.11 bits per heavy atom. The third kappa shape index (κ3) is 4.55. The van der Waals surface area contributed by atoms with Crippen molar-refractivity contribution < 1.29 is 23.5 Å². The first kappa shape index (κ1) is 18.2. The molecular weight excluding hydrogens is 350 g/mol. The van der Waals surface area contributed by atoms with Crippen molar-refractivity contribution in [2.75, 3.05) is 26.1 Å². The van der Waals surface area contributed by atoms with E-state index in [1.807, 2.05) is 6.07 Å². The minimum atomic E-state index is -0.333. The molecule has 0 atom stereocenters. The lowest BCUT2D eigenvalue weighted by molar-refractivity contribution is -0.118. The lowest BCUT2D eigenvalue weighted by atomic mass is 10.2. The predicted octanol–water partition coefficient (Wildman–Crippen LogP) is 3.08. The third-order valence-corrected chi connectivity index (χ3v) is 3.66. The van der Waals surface area contributed by atoms with Crippen LogP contribution in [-0.4, -0.2) is 36.9 Å². The van der Waals surface area contributed by atoms with Gasteiger partial charge in [-0.15, -0.1) is 0 Å². The fraction of sp³-hybridized carbons (Fsp3) is 0.211. The molecule has 0 fully saturated rings. The molecule has 1 N–H and O–H groups in total.